The fraction of sp³-hybridized carbons (Fsp3) is 0.571. The van der Waals surface area contributed by atoms with Crippen LogP contribution in [0.1, 0.15) is 74.5 Å². The molecular weight excluding hydrogens is 340 g/mol. The van der Waals surface area contributed by atoms with Crippen molar-refractivity contribution in [3.8, 4) is 0 Å². The molecule has 0 radical (unpaired) electrons. The molecule has 2 aromatic rings. The number of benzene rings is 1. The molecule has 146 valence electrons. The fourth-order valence-corrected chi connectivity index (χ4v) is 4.08. The van der Waals surface area contributed by atoms with Crippen molar-refractivity contribution < 1.29 is 9.59 Å². The molecule has 0 bridgehead atoms. The maximum Gasteiger partial charge on any atom is 0.269 e. The third-order valence-corrected chi connectivity index (χ3v) is 5.57. The van der Waals surface area contributed by atoms with Crippen LogP contribution >= 0.6 is 0 Å². The first-order chi connectivity index (χ1) is 13.1. The van der Waals surface area contributed by atoms with Crippen LogP contribution in [0.15, 0.2) is 18.2 Å². The molecule has 1 aromatic heterocycles. The number of nitrogens with one attached hydrogen (secondary N) is 2. The van der Waals surface area contributed by atoms with Gasteiger partial charge in [-0.15, -0.1) is 0 Å². The van der Waals surface area contributed by atoms with Gasteiger partial charge < -0.3 is 4.57 Å². The van der Waals surface area contributed by atoms with E-state index in [0.29, 0.717) is 12.0 Å². The van der Waals surface area contributed by atoms with Crippen molar-refractivity contribution in [2.24, 2.45) is 5.92 Å². The number of aryl methyl sites for hydroxylation is 2. The lowest BCUT2D eigenvalue weighted by molar-refractivity contribution is -0.122. The smallest absolute Gasteiger partial charge is 0.269 e. The molecule has 0 saturated heterocycles. The van der Waals surface area contributed by atoms with Crippen molar-refractivity contribution in [2.45, 2.75) is 71.8 Å². The van der Waals surface area contributed by atoms with E-state index >= 15 is 0 Å². The molecule has 27 heavy (non-hydrogen) atoms. The number of hydrogen-bond donors (Lipinski definition) is 2. The van der Waals surface area contributed by atoms with Crippen LogP contribution in [0.3, 0.4) is 0 Å². The SMILES string of the molecule is CCn1c(C)nc2cc(C(=O)NNC(=O)CCCC3CCCCC3)ccc21. The largest absolute Gasteiger partial charge is 0.329 e. The molecule has 0 atom stereocenters. The van der Waals surface area contributed by atoms with Crippen LogP contribution in [0.4, 0.5) is 0 Å². The van der Waals surface area contributed by atoms with E-state index < -0.39 is 0 Å². The average molecular weight is 370 g/mol. The van der Waals surface area contributed by atoms with Crippen LogP contribution in [0.25, 0.3) is 11.0 Å². The summed E-state index contributed by atoms with van der Waals surface area (Å²) in [6, 6.07) is 5.43. The molecule has 1 heterocycles. The number of fused-ring (bicyclic) bond motifs is 1. The molecule has 1 fully saturated rings. The molecule has 0 aliphatic heterocycles. The number of carbonyl (C=O) groups excluding carboxylic acids is 2. The van der Waals surface area contributed by atoms with Crippen molar-refractivity contribution in [3.63, 3.8) is 0 Å². The summed E-state index contributed by atoms with van der Waals surface area (Å²) in [5, 5.41) is 0. The Bertz CT molecular complexity index is 806. The Labute approximate surface area is 160 Å². The summed E-state index contributed by atoms with van der Waals surface area (Å²) in [7, 11) is 0. The first-order valence-corrected chi connectivity index (χ1v) is 10.1. The molecule has 0 spiro atoms. The average Bonchev–Trinajstić information content (AvgIpc) is 3.01. The monoisotopic (exact) mass is 370 g/mol. The van der Waals surface area contributed by atoms with Crippen LogP contribution in [-0.4, -0.2) is 21.4 Å². The predicted octanol–water partition coefficient (Wildman–Crippen LogP) is 3.88. The van der Waals surface area contributed by atoms with E-state index in [2.05, 4.69) is 27.3 Å². The van der Waals surface area contributed by atoms with Gasteiger partial charge in [-0.3, -0.25) is 20.4 Å². The van der Waals surface area contributed by atoms with Gasteiger partial charge in [0.2, 0.25) is 5.91 Å². The highest BCUT2D eigenvalue weighted by molar-refractivity contribution is 5.98. The Morgan fingerprint density at radius 2 is 1.96 bits per heavy atom. The standard InChI is InChI=1S/C21H30N4O2/c1-3-25-15(2)22-18-14-17(12-13-19(18)25)21(27)24-23-20(26)11-7-10-16-8-5-4-6-9-16/h12-14,16H,3-11H2,1-2H3,(H,23,26)(H,24,27). The van der Waals surface area contributed by atoms with Crippen molar-refractivity contribution in [2.75, 3.05) is 0 Å². The lowest BCUT2D eigenvalue weighted by atomic mass is 9.86. The number of rotatable bonds is 6. The lowest BCUT2D eigenvalue weighted by Crippen LogP contribution is -2.41. The molecule has 1 aliphatic carbocycles. The molecular formula is C21H30N4O2. The van der Waals surface area contributed by atoms with E-state index in [4.69, 9.17) is 0 Å². The highest BCUT2D eigenvalue weighted by Crippen LogP contribution is 2.27. The lowest BCUT2D eigenvalue weighted by Gasteiger charge is -2.21. The maximum absolute atomic E-state index is 12.3. The zero-order chi connectivity index (χ0) is 19.2. The second kappa shape index (κ2) is 9.02. The van der Waals surface area contributed by atoms with Gasteiger partial charge in [0.15, 0.2) is 0 Å². The Morgan fingerprint density at radius 3 is 2.70 bits per heavy atom. The molecule has 1 aromatic carbocycles. The van der Waals surface area contributed by atoms with Crippen LogP contribution in [0.2, 0.25) is 0 Å². The van der Waals surface area contributed by atoms with E-state index in [-0.39, 0.29) is 11.8 Å². The van der Waals surface area contributed by atoms with E-state index in [1.807, 2.05) is 13.0 Å². The summed E-state index contributed by atoms with van der Waals surface area (Å²) < 4.78 is 2.10. The van der Waals surface area contributed by atoms with Crippen LogP contribution in [-0.2, 0) is 11.3 Å². The second-order valence-corrected chi connectivity index (χ2v) is 7.51. The Hall–Kier alpha value is -2.37. The van der Waals surface area contributed by atoms with Gasteiger partial charge in [-0.25, -0.2) is 4.98 Å². The third-order valence-electron chi connectivity index (χ3n) is 5.57. The molecule has 6 heteroatoms. The zero-order valence-corrected chi connectivity index (χ0v) is 16.4. The van der Waals surface area contributed by atoms with Crippen molar-refractivity contribution >= 4 is 22.8 Å². The van der Waals surface area contributed by atoms with Gasteiger partial charge in [0.1, 0.15) is 5.82 Å². The van der Waals surface area contributed by atoms with Crippen LogP contribution in [0, 0.1) is 12.8 Å². The van der Waals surface area contributed by atoms with Gasteiger partial charge >= 0.3 is 0 Å². The van der Waals surface area contributed by atoms with Crippen LogP contribution < -0.4 is 10.9 Å². The number of hydrazine groups is 1. The van der Waals surface area contributed by atoms with E-state index in [0.717, 1.165) is 42.2 Å². The Balaban J connectivity index is 1.47. The van der Waals surface area contributed by atoms with E-state index in [1.165, 1.54) is 32.1 Å². The number of aromatic nitrogens is 2. The van der Waals surface area contributed by atoms with Gasteiger partial charge in [0.25, 0.3) is 5.91 Å². The maximum atomic E-state index is 12.3. The third kappa shape index (κ3) is 4.87. The van der Waals surface area contributed by atoms with Gasteiger partial charge in [0.05, 0.1) is 11.0 Å². The Morgan fingerprint density at radius 1 is 1.19 bits per heavy atom. The molecule has 2 amide bonds. The van der Waals surface area contributed by atoms with Gasteiger partial charge in [0, 0.05) is 18.5 Å². The highest BCUT2D eigenvalue weighted by Gasteiger charge is 2.14. The van der Waals surface area contributed by atoms with E-state index in [9.17, 15) is 9.59 Å². The van der Waals surface area contributed by atoms with Gasteiger partial charge in [-0.1, -0.05) is 32.1 Å². The molecule has 2 N–H and O–H groups in total. The summed E-state index contributed by atoms with van der Waals surface area (Å²) in [6.45, 7) is 4.86. The zero-order valence-electron chi connectivity index (χ0n) is 16.4. The quantitative estimate of drug-likeness (QED) is 0.758. The van der Waals surface area contributed by atoms with E-state index in [1.54, 1.807) is 12.1 Å². The number of hydrogen-bond acceptors (Lipinski definition) is 3. The van der Waals surface area contributed by atoms with Crippen molar-refractivity contribution in [1.82, 2.24) is 20.4 Å². The number of imidazole rings is 1. The molecule has 1 aliphatic rings. The number of carbonyl (C=O) groups is 2. The predicted molar refractivity (Wildman–Crippen MR) is 106 cm³/mol. The first kappa shape index (κ1) is 19.4. The van der Waals surface area contributed by atoms with Gasteiger partial charge in [-0.2, -0.15) is 0 Å². The van der Waals surface area contributed by atoms with Crippen LogP contribution in [0.5, 0.6) is 0 Å². The summed E-state index contributed by atoms with van der Waals surface area (Å²) in [5.41, 5.74) is 7.34. The summed E-state index contributed by atoms with van der Waals surface area (Å²) in [5.74, 6) is 1.25. The van der Waals surface area contributed by atoms with Gasteiger partial charge in [-0.05, 0) is 50.8 Å². The van der Waals surface area contributed by atoms with Crippen molar-refractivity contribution in [1.29, 1.82) is 0 Å². The minimum Gasteiger partial charge on any atom is -0.329 e. The minimum atomic E-state index is -0.318. The Kier molecular flexibility index (Phi) is 6.48. The molecule has 3 rings (SSSR count). The number of amides is 2. The first-order valence-electron chi connectivity index (χ1n) is 10.1. The summed E-state index contributed by atoms with van der Waals surface area (Å²) >= 11 is 0. The van der Waals surface area contributed by atoms with Crippen molar-refractivity contribution in [3.05, 3.63) is 29.6 Å². The highest BCUT2D eigenvalue weighted by atomic mass is 16.2. The number of nitrogens with zero attached hydrogens (tertiary/aromatic N) is 2. The summed E-state index contributed by atoms with van der Waals surface area (Å²) in [4.78, 5) is 28.8. The minimum absolute atomic E-state index is 0.133. The fourth-order valence-electron chi connectivity index (χ4n) is 4.08. The second-order valence-electron chi connectivity index (χ2n) is 7.51. The normalized spacial score (nSPS) is 15.0. The molecule has 1 saturated carbocycles. The molecule has 0 unspecified atom stereocenters. The molecule has 6 nitrogen and oxygen atoms in total. The topological polar surface area (TPSA) is 76.0 Å². The summed E-state index contributed by atoms with van der Waals surface area (Å²) in [6.07, 6.45) is 9.05.